The van der Waals surface area contributed by atoms with Crippen LogP contribution in [0.4, 0.5) is 4.39 Å². The first-order valence-corrected chi connectivity index (χ1v) is 3.94. The quantitative estimate of drug-likeness (QED) is 0.647. The highest BCUT2D eigenvalue weighted by molar-refractivity contribution is 5.10. The van der Waals surface area contributed by atoms with E-state index >= 15 is 0 Å². The summed E-state index contributed by atoms with van der Waals surface area (Å²) in [5, 5.41) is 0. The lowest BCUT2D eigenvalue weighted by Crippen LogP contribution is -2.05. The number of hydrogen-bond donors (Lipinski definition) is 0. The van der Waals surface area contributed by atoms with Gasteiger partial charge in [-0.2, -0.15) is 9.37 Å². The lowest BCUT2D eigenvalue weighted by molar-refractivity contribution is 0.258. The van der Waals surface area contributed by atoms with Gasteiger partial charge in [0.15, 0.2) is 0 Å². The predicted octanol–water partition coefficient (Wildman–Crippen LogP) is 2.26. The summed E-state index contributed by atoms with van der Waals surface area (Å²) in [5.41, 5.74) is 0. The van der Waals surface area contributed by atoms with E-state index in [-0.39, 0.29) is 0 Å². The van der Waals surface area contributed by atoms with Gasteiger partial charge in [-0.15, -0.1) is 0 Å². The summed E-state index contributed by atoms with van der Waals surface area (Å²) >= 11 is 0. The molecule has 66 valence electrons. The molecule has 1 aromatic heterocycles. The summed E-state index contributed by atoms with van der Waals surface area (Å²) in [7, 11) is 0. The highest BCUT2D eigenvalue weighted by atomic mass is 19.1. The van der Waals surface area contributed by atoms with Crippen LogP contribution in [-0.2, 0) is 0 Å². The molecule has 2 nitrogen and oxygen atoms in total. The summed E-state index contributed by atoms with van der Waals surface area (Å²) in [6, 6.07) is 4.52. The molecule has 0 aromatic carbocycles. The minimum atomic E-state index is -0.503. The molecular formula is C9H12FNO. The molecule has 1 aromatic rings. The molecule has 0 atom stereocenters. The van der Waals surface area contributed by atoms with E-state index in [4.69, 9.17) is 4.74 Å². The Hall–Kier alpha value is -1.12. The van der Waals surface area contributed by atoms with Crippen molar-refractivity contribution < 1.29 is 9.13 Å². The highest BCUT2D eigenvalue weighted by Gasteiger charge is 1.98. The standard InChI is InChI=1S/C9H12FNO/c1-7(2)6-12-9-5-3-4-8(10)11-9/h3-5,7H,6H2,1-2H3. The third kappa shape index (κ3) is 2.86. The summed E-state index contributed by atoms with van der Waals surface area (Å²) in [6.07, 6.45) is 0. The van der Waals surface area contributed by atoms with Crippen molar-refractivity contribution in [1.82, 2.24) is 4.98 Å². The number of halogens is 1. The van der Waals surface area contributed by atoms with Crippen molar-refractivity contribution in [3.8, 4) is 5.88 Å². The number of ether oxygens (including phenoxy) is 1. The van der Waals surface area contributed by atoms with Crippen LogP contribution in [0.25, 0.3) is 0 Å². The second kappa shape index (κ2) is 4.04. The van der Waals surface area contributed by atoms with Gasteiger partial charge in [-0.1, -0.05) is 19.9 Å². The molecule has 0 aliphatic carbocycles. The van der Waals surface area contributed by atoms with Crippen molar-refractivity contribution in [3.63, 3.8) is 0 Å². The molecule has 0 N–H and O–H groups in total. The third-order valence-corrected chi connectivity index (χ3v) is 1.25. The monoisotopic (exact) mass is 169 g/mol. The average molecular weight is 169 g/mol. The van der Waals surface area contributed by atoms with Crippen molar-refractivity contribution in [1.29, 1.82) is 0 Å². The summed E-state index contributed by atoms with van der Waals surface area (Å²) < 4.78 is 17.7. The zero-order chi connectivity index (χ0) is 8.97. The largest absolute Gasteiger partial charge is 0.477 e. The van der Waals surface area contributed by atoms with E-state index in [0.717, 1.165) is 0 Å². The van der Waals surface area contributed by atoms with Gasteiger partial charge in [0.05, 0.1) is 6.61 Å². The van der Waals surface area contributed by atoms with Gasteiger partial charge in [0.1, 0.15) is 0 Å². The molecule has 1 rings (SSSR count). The number of nitrogens with zero attached hydrogens (tertiary/aromatic N) is 1. The SMILES string of the molecule is CC(C)COc1cccc(F)n1. The van der Waals surface area contributed by atoms with Crippen LogP contribution in [0.1, 0.15) is 13.8 Å². The third-order valence-electron chi connectivity index (χ3n) is 1.25. The second-order valence-corrected chi connectivity index (χ2v) is 3.00. The molecule has 0 aliphatic rings. The molecule has 0 radical (unpaired) electrons. The fourth-order valence-corrected chi connectivity index (χ4v) is 0.722. The predicted molar refractivity (Wildman–Crippen MR) is 44.5 cm³/mol. The van der Waals surface area contributed by atoms with Gasteiger partial charge in [0, 0.05) is 6.07 Å². The van der Waals surface area contributed by atoms with Crippen LogP contribution in [0.15, 0.2) is 18.2 Å². The van der Waals surface area contributed by atoms with E-state index < -0.39 is 5.95 Å². The van der Waals surface area contributed by atoms with Crippen molar-refractivity contribution in [2.45, 2.75) is 13.8 Å². The van der Waals surface area contributed by atoms with Gasteiger partial charge in [-0.25, -0.2) is 0 Å². The first-order valence-electron chi connectivity index (χ1n) is 3.94. The fraction of sp³-hybridized carbons (Fsp3) is 0.444. The van der Waals surface area contributed by atoms with Crippen LogP contribution in [0.5, 0.6) is 5.88 Å². The second-order valence-electron chi connectivity index (χ2n) is 3.00. The lowest BCUT2D eigenvalue weighted by Gasteiger charge is -2.06. The van der Waals surface area contributed by atoms with Crippen molar-refractivity contribution >= 4 is 0 Å². The van der Waals surface area contributed by atoms with Crippen LogP contribution in [0.3, 0.4) is 0 Å². The lowest BCUT2D eigenvalue weighted by atomic mass is 10.2. The Morgan fingerprint density at radius 3 is 2.83 bits per heavy atom. The van der Waals surface area contributed by atoms with Crippen molar-refractivity contribution in [2.24, 2.45) is 5.92 Å². The van der Waals surface area contributed by atoms with E-state index in [9.17, 15) is 4.39 Å². The molecule has 0 amide bonds. The summed E-state index contributed by atoms with van der Waals surface area (Å²) in [6.45, 7) is 4.62. The molecule has 0 saturated heterocycles. The Morgan fingerprint density at radius 2 is 2.25 bits per heavy atom. The van der Waals surface area contributed by atoms with Crippen LogP contribution >= 0.6 is 0 Å². The van der Waals surface area contributed by atoms with Crippen molar-refractivity contribution in [3.05, 3.63) is 24.1 Å². The average Bonchev–Trinajstić information content (AvgIpc) is 2.01. The first kappa shape index (κ1) is 8.97. The smallest absolute Gasteiger partial charge is 0.216 e. The van der Waals surface area contributed by atoms with Gasteiger partial charge < -0.3 is 4.74 Å². The molecule has 12 heavy (non-hydrogen) atoms. The molecule has 3 heteroatoms. The maximum Gasteiger partial charge on any atom is 0.216 e. The molecule has 0 saturated carbocycles. The van der Waals surface area contributed by atoms with Gasteiger partial charge in [0.25, 0.3) is 0 Å². The van der Waals surface area contributed by atoms with E-state index in [1.165, 1.54) is 6.07 Å². The zero-order valence-corrected chi connectivity index (χ0v) is 7.25. The molecule has 1 heterocycles. The van der Waals surface area contributed by atoms with Crippen LogP contribution < -0.4 is 4.74 Å². The molecule has 0 aliphatic heterocycles. The van der Waals surface area contributed by atoms with E-state index in [1.54, 1.807) is 12.1 Å². The fourth-order valence-electron chi connectivity index (χ4n) is 0.722. The Bertz CT molecular complexity index is 250. The van der Waals surface area contributed by atoms with Crippen molar-refractivity contribution in [2.75, 3.05) is 6.61 Å². The number of rotatable bonds is 3. The van der Waals surface area contributed by atoms with Crippen LogP contribution in [0, 0.1) is 11.9 Å². The normalized spacial score (nSPS) is 10.3. The van der Waals surface area contributed by atoms with Crippen LogP contribution in [-0.4, -0.2) is 11.6 Å². The topological polar surface area (TPSA) is 22.1 Å². The highest BCUT2D eigenvalue weighted by Crippen LogP contribution is 2.07. The minimum absolute atomic E-state index is 0.351. The Balaban J connectivity index is 2.52. The van der Waals surface area contributed by atoms with E-state index in [0.29, 0.717) is 18.4 Å². The maximum absolute atomic E-state index is 12.5. The zero-order valence-electron chi connectivity index (χ0n) is 7.25. The number of pyridine rings is 1. The van der Waals surface area contributed by atoms with Crippen LogP contribution in [0.2, 0.25) is 0 Å². The van der Waals surface area contributed by atoms with E-state index in [1.807, 2.05) is 13.8 Å². The molecular weight excluding hydrogens is 157 g/mol. The van der Waals surface area contributed by atoms with Gasteiger partial charge in [-0.3, -0.25) is 0 Å². The molecule has 0 unspecified atom stereocenters. The maximum atomic E-state index is 12.5. The van der Waals surface area contributed by atoms with Gasteiger partial charge >= 0.3 is 0 Å². The number of hydrogen-bond acceptors (Lipinski definition) is 2. The Kier molecular flexibility index (Phi) is 3.02. The van der Waals surface area contributed by atoms with E-state index in [2.05, 4.69) is 4.98 Å². The Labute approximate surface area is 71.4 Å². The van der Waals surface area contributed by atoms with Gasteiger partial charge in [-0.05, 0) is 12.0 Å². The summed E-state index contributed by atoms with van der Waals surface area (Å²) in [4.78, 5) is 3.56. The summed E-state index contributed by atoms with van der Waals surface area (Å²) in [5.74, 6) is 0.273. The minimum Gasteiger partial charge on any atom is -0.477 e. The van der Waals surface area contributed by atoms with Gasteiger partial charge in [0.2, 0.25) is 11.8 Å². The number of aromatic nitrogens is 1. The molecule has 0 spiro atoms. The molecule has 0 bridgehead atoms. The first-order chi connectivity index (χ1) is 5.68. The Morgan fingerprint density at radius 1 is 1.50 bits per heavy atom. The molecule has 0 fully saturated rings.